The van der Waals surface area contributed by atoms with Gasteiger partial charge in [-0.05, 0) is 31.5 Å². The molecule has 4 rings (SSSR count). The first kappa shape index (κ1) is 19.4. The molecule has 1 aliphatic heterocycles. The van der Waals surface area contributed by atoms with Gasteiger partial charge in [0.15, 0.2) is 0 Å². The van der Waals surface area contributed by atoms with Crippen molar-refractivity contribution >= 4 is 22.6 Å². The molecule has 2 heterocycles. The third kappa shape index (κ3) is 4.25. The van der Waals surface area contributed by atoms with Crippen molar-refractivity contribution in [1.82, 2.24) is 9.88 Å². The van der Waals surface area contributed by atoms with Crippen molar-refractivity contribution in [2.45, 2.75) is 20.4 Å². The lowest BCUT2D eigenvalue weighted by Crippen LogP contribution is -2.46. The summed E-state index contributed by atoms with van der Waals surface area (Å²) in [5.74, 6) is -0.301. The Hall–Kier alpha value is -2.92. The molecule has 0 spiro atoms. The predicted octanol–water partition coefficient (Wildman–Crippen LogP) is 4.04. The highest BCUT2D eigenvalue weighted by molar-refractivity contribution is 6.05. The van der Waals surface area contributed by atoms with Crippen molar-refractivity contribution in [2.24, 2.45) is 0 Å². The molecule has 1 aliphatic rings. The van der Waals surface area contributed by atoms with Crippen molar-refractivity contribution in [2.75, 3.05) is 37.7 Å². The number of carbonyl (C=O) groups excluding carboxylic acids is 1. The first-order valence-electron chi connectivity index (χ1n) is 10.2. The van der Waals surface area contributed by atoms with Crippen LogP contribution in [0.2, 0.25) is 0 Å². The Bertz CT molecular complexity index is 996. The molecule has 29 heavy (non-hydrogen) atoms. The fourth-order valence-corrected chi connectivity index (χ4v) is 3.96. The Balaban J connectivity index is 1.61. The maximum Gasteiger partial charge on any atom is 0.341 e. The van der Waals surface area contributed by atoms with Crippen LogP contribution in [0.1, 0.15) is 28.4 Å². The van der Waals surface area contributed by atoms with E-state index in [2.05, 4.69) is 64.2 Å². The molecule has 2 aromatic carbocycles. The lowest BCUT2D eigenvalue weighted by atomic mass is 10.0. The maximum absolute atomic E-state index is 12.6. The molecule has 1 fully saturated rings. The molecular weight excluding hydrogens is 362 g/mol. The number of carbonyl (C=O) groups is 1. The van der Waals surface area contributed by atoms with Crippen LogP contribution in [0.3, 0.4) is 0 Å². The second-order valence-corrected chi connectivity index (χ2v) is 7.51. The number of aryl methyl sites for hydroxylation is 1. The third-order valence-corrected chi connectivity index (χ3v) is 5.43. The van der Waals surface area contributed by atoms with Crippen molar-refractivity contribution in [3.05, 3.63) is 71.4 Å². The largest absolute Gasteiger partial charge is 0.462 e. The van der Waals surface area contributed by atoms with E-state index in [1.165, 1.54) is 5.56 Å². The number of fused-ring (bicyclic) bond motifs is 1. The van der Waals surface area contributed by atoms with E-state index in [4.69, 9.17) is 4.74 Å². The molecule has 1 aromatic heterocycles. The number of rotatable bonds is 5. The van der Waals surface area contributed by atoms with Gasteiger partial charge in [-0.25, -0.2) is 4.79 Å². The summed E-state index contributed by atoms with van der Waals surface area (Å²) >= 11 is 0. The average Bonchev–Trinajstić information content (AvgIpc) is 2.74. The molecule has 0 unspecified atom stereocenters. The highest BCUT2D eigenvalue weighted by Gasteiger charge is 2.25. The number of anilines is 1. The molecule has 0 radical (unpaired) electrons. The Kier molecular flexibility index (Phi) is 5.76. The summed E-state index contributed by atoms with van der Waals surface area (Å²) in [7, 11) is 0. The molecule has 0 amide bonds. The van der Waals surface area contributed by atoms with Gasteiger partial charge in [0.05, 0.1) is 17.8 Å². The summed E-state index contributed by atoms with van der Waals surface area (Å²) < 4.78 is 5.32. The normalized spacial score (nSPS) is 14.9. The van der Waals surface area contributed by atoms with E-state index in [-0.39, 0.29) is 5.97 Å². The summed E-state index contributed by atoms with van der Waals surface area (Å²) in [6.07, 6.45) is 1.67. The van der Waals surface area contributed by atoms with E-state index in [9.17, 15) is 4.79 Å². The number of hydrogen-bond acceptors (Lipinski definition) is 5. The van der Waals surface area contributed by atoms with Crippen LogP contribution in [0.5, 0.6) is 0 Å². The van der Waals surface area contributed by atoms with E-state index < -0.39 is 0 Å². The number of pyridine rings is 1. The van der Waals surface area contributed by atoms with Crippen LogP contribution in [0.4, 0.5) is 5.69 Å². The van der Waals surface area contributed by atoms with Crippen LogP contribution >= 0.6 is 0 Å². The second-order valence-electron chi connectivity index (χ2n) is 7.51. The molecule has 5 nitrogen and oxygen atoms in total. The minimum atomic E-state index is -0.301. The molecule has 1 saturated heterocycles. The van der Waals surface area contributed by atoms with E-state index >= 15 is 0 Å². The van der Waals surface area contributed by atoms with Gasteiger partial charge in [-0.15, -0.1) is 0 Å². The summed E-state index contributed by atoms with van der Waals surface area (Å²) in [6.45, 7) is 8.85. The van der Waals surface area contributed by atoms with E-state index in [1.54, 1.807) is 6.20 Å². The first-order valence-corrected chi connectivity index (χ1v) is 10.2. The SMILES string of the molecule is CCOC(=O)c1cnc2ccc(C)cc2c1N1CCN(Cc2ccccc2)CC1. The minimum absolute atomic E-state index is 0.301. The van der Waals surface area contributed by atoms with Crippen molar-refractivity contribution in [3.63, 3.8) is 0 Å². The van der Waals surface area contributed by atoms with Gasteiger partial charge in [-0.3, -0.25) is 9.88 Å². The highest BCUT2D eigenvalue weighted by atomic mass is 16.5. The number of aromatic nitrogens is 1. The Labute approximate surface area is 171 Å². The quantitative estimate of drug-likeness (QED) is 0.616. The van der Waals surface area contributed by atoms with Crippen LogP contribution in [0, 0.1) is 6.92 Å². The van der Waals surface area contributed by atoms with Crippen LogP contribution in [-0.4, -0.2) is 48.6 Å². The van der Waals surface area contributed by atoms with Gasteiger partial charge in [0.25, 0.3) is 0 Å². The zero-order chi connectivity index (χ0) is 20.2. The average molecular weight is 389 g/mol. The smallest absolute Gasteiger partial charge is 0.341 e. The molecular formula is C24H27N3O2. The van der Waals surface area contributed by atoms with Crippen molar-refractivity contribution in [3.8, 4) is 0 Å². The number of ether oxygens (including phenoxy) is 1. The van der Waals surface area contributed by atoms with Gasteiger partial charge >= 0.3 is 5.97 Å². The second kappa shape index (κ2) is 8.62. The Morgan fingerprint density at radius 2 is 1.83 bits per heavy atom. The molecule has 0 N–H and O–H groups in total. The Morgan fingerprint density at radius 1 is 1.07 bits per heavy atom. The third-order valence-electron chi connectivity index (χ3n) is 5.43. The Morgan fingerprint density at radius 3 is 2.55 bits per heavy atom. The zero-order valence-corrected chi connectivity index (χ0v) is 17.1. The number of esters is 1. The fraction of sp³-hybridized carbons (Fsp3) is 0.333. The number of hydrogen-bond donors (Lipinski definition) is 0. The molecule has 0 bridgehead atoms. The van der Waals surface area contributed by atoms with E-state index in [0.29, 0.717) is 12.2 Å². The molecule has 5 heteroatoms. The molecule has 0 saturated carbocycles. The standard InChI is InChI=1S/C24H27N3O2/c1-3-29-24(28)21-16-25-22-10-9-18(2)15-20(22)23(21)27-13-11-26(12-14-27)17-19-7-5-4-6-8-19/h4-10,15-16H,3,11-14,17H2,1-2H3. The highest BCUT2D eigenvalue weighted by Crippen LogP contribution is 2.32. The molecule has 0 atom stereocenters. The van der Waals surface area contributed by atoms with Crippen LogP contribution in [-0.2, 0) is 11.3 Å². The first-order chi connectivity index (χ1) is 14.2. The summed E-state index contributed by atoms with van der Waals surface area (Å²) in [4.78, 5) is 21.9. The monoisotopic (exact) mass is 389 g/mol. The maximum atomic E-state index is 12.6. The van der Waals surface area contributed by atoms with Gasteiger partial charge < -0.3 is 9.64 Å². The van der Waals surface area contributed by atoms with Crippen LogP contribution in [0.25, 0.3) is 10.9 Å². The van der Waals surface area contributed by atoms with Crippen molar-refractivity contribution in [1.29, 1.82) is 0 Å². The van der Waals surface area contributed by atoms with E-state index in [0.717, 1.165) is 54.9 Å². The number of nitrogens with zero attached hydrogens (tertiary/aromatic N) is 3. The van der Waals surface area contributed by atoms with Gasteiger partial charge in [0.1, 0.15) is 5.56 Å². The number of piperazine rings is 1. The zero-order valence-electron chi connectivity index (χ0n) is 17.1. The van der Waals surface area contributed by atoms with Crippen LogP contribution in [0.15, 0.2) is 54.7 Å². The minimum Gasteiger partial charge on any atom is -0.462 e. The van der Waals surface area contributed by atoms with Gasteiger partial charge in [0, 0.05) is 44.3 Å². The molecule has 3 aromatic rings. The lowest BCUT2D eigenvalue weighted by molar-refractivity contribution is 0.0526. The number of benzene rings is 2. The van der Waals surface area contributed by atoms with Crippen molar-refractivity contribution < 1.29 is 9.53 Å². The lowest BCUT2D eigenvalue weighted by Gasteiger charge is -2.37. The summed E-state index contributed by atoms with van der Waals surface area (Å²) in [5.41, 5.74) is 4.91. The van der Waals surface area contributed by atoms with Crippen LogP contribution < -0.4 is 4.90 Å². The van der Waals surface area contributed by atoms with Gasteiger partial charge in [-0.1, -0.05) is 42.0 Å². The predicted molar refractivity (Wildman–Crippen MR) is 116 cm³/mol. The topological polar surface area (TPSA) is 45.7 Å². The van der Waals surface area contributed by atoms with E-state index in [1.807, 2.05) is 13.0 Å². The fourth-order valence-electron chi connectivity index (χ4n) is 3.96. The molecule has 150 valence electrons. The van der Waals surface area contributed by atoms with Gasteiger partial charge in [-0.2, -0.15) is 0 Å². The van der Waals surface area contributed by atoms with Gasteiger partial charge in [0.2, 0.25) is 0 Å². The summed E-state index contributed by atoms with van der Waals surface area (Å²) in [5, 5.41) is 1.02. The molecule has 0 aliphatic carbocycles. The summed E-state index contributed by atoms with van der Waals surface area (Å²) in [6, 6.07) is 16.8.